The number of nitrogens with zero attached hydrogens (tertiary/aromatic N) is 1. The smallest absolute Gasteiger partial charge is 0.0710 e. The van der Waals surface area contributed by atoms with Gasteiger partial charge >= 0.3 is 0 Å². The van der Waals surface area contributed by atoms with Gasteiger partial charge < -0.3 is 4.74 Å². The van der Waals surface area contributed by atoms with E-state index in [-0.39, 0.29) is 0 Å². The van der Waals surface area contributed by atoms with Crippen LogP contribution in [0.4, 0.5) is 0 Å². The van der Waals surface area contributed by atoms with Gasteiger partial charge in [0, 0.05) is 33.6 Å². The van der Waals surface area contributed by atoms with E-state index < -0.39 is 0 Å². The van der Waals surface area contributed by atoms with E-state index >= 15 is 0 Å². The fourth-order valence-electron chi connectivity index (χ4n) is 3.84. The van der Waals surface area contributed by atoms with Crippen LogP contribution in [0, 0.1) is 0 Å². The van der Waals surface area contributed by atoms with E-state index in [1.165, 1.54) is 31.7 Å². The lowest BCUT2D eigenvalue weighted by Crippen LogP contribution is -2.38. The minimum atomic E-state index is 0.410. The largest absolute Gasteiger partial charge is 0.379 e. The van der Waals surface area contributed by atoms with Crippen LogP contribution in [0.1, 0.15) is 16.5 Å². The Bertz CT molecular complexity index is 848. The monoisotopic (exact) mass is 307 g/mol. The Morgan fingerprint density at radius 2 is 1.73 bits per heavy atom. The first-order chi connectivity index (χ1) is 10.9. The molecule has 0 spiro atoms. The fraction of sp³-hybridized carbons (Fsp3) is 0.263. The summed E-state index contributed by atoms with van der Waals surface area (Å²) >= 11 is 1.96. The number of fused-ring (bicyclic) bond motifs is 5. The van der Waals surface area contributed by atoms with Crippen molar-refractivity contribution >= 4 is 21.4 Å². The maximum atomic E-state index is 5.56. The van der Waals surface area contributed by atoms with E-state index in [1.807, 2.05) is 11.3 Å². The molecular formula is C19H17NOS. The van der Waals surface area contributed by atoms with Crippen LogP contribution in [0.2, 0.25) is 0 Å². The molecule has 0 bridgehead atoms. The Kier molecular flexibility index (Phi) is 2.87. The molecule has 22 heavy (non-hydrogen) atoms. The molecule has 1 atom stereocenters. The fourth-order valence-corrected chi connectivity index (χ4v) is 5.21. The first-order valence-electron chi connectivity index (χ1n) is 7.86. The van der Waals surface area contributed by atoms with Crippen LogP contribution in [-0.2, 0) is 4.74 Å². The normalized spacial score (nSPS) is 21.0. The van der Waals surface area contributed by atoms with Gasteiger partial charge in [-0.3, -0.25) is 4.90 Å². The second-order valence-corrected chi connectivity index (χ2v) is 7.06. The summed E-state index contributed by atoms with van der Waals surface area (Å²) < 4.78 is 6.96. The van der Waals surface area contributed by atoms with Crippen molar-refractivity contribution in [1.29, 1.82) is 0 Å². The summed E-state index contributed by atoms with van der Waals surface area (Å²) in [5.74, 6) is 0. The highest BCUT2D eigenvalue weighted by atomic mass is 32.1. The molecular weight excluding hydrogens is 290 g/mol. The van der Waals surface area contributed by atoms with E-state index in [4.69, 9.17) is 4.74 Å². The summed E-state index contributed by atoms with van der Waals surface area (Å²) in [6, 6.07) is 18.1. The average molecular weight is 307 g/mol. The lowest BCUT2D eigenvalue weighted by atomic mass is 10.0. The SMILES string of the molecule is c1ccc2c(c1)-c1c(sc3ccccc13)C2N1CCOCC1. The van der Waals surface area contributed by atoms with Gasteiger partial charge in [0.15, 0.2) is 0 Å². The molecule has 3 heteroatoms. The second kappa shape index (κ2) is 4.92. The molecule has 1 fully saturated rings. The number of benzene rings is 2. The number of rotatable bonds is 1. The van der Waals surface area contributed by atoms with Crippen molar-refractivity contribution in [3.63, 3.8) is 0 Å². The predicted octanol–water partition coefficient (Wildman–Crippen LogP) is 4.30. The minimum Gasteiger partial charge on any atom is -0.379 e. The average Bonchev–Trinajstić information content (AvgIpc) is 3.10. The summed E-state index contributed by atoms with van der Waals surface area (Å²) in [6.45, 7) is 3.73. The summed E-state index contributed by atoms with van der Waals surface area (Å²) in [4.78, 5) is 4.10. The van der Waals surface area contributed by atoms with Gasteiger partial charge in [-0.2, -0.15) is 0 Å². The third-order valence-electron chi connectivity index (χ3n) is 4.81. The quantitative estimate of drug-likeness (QED) is 0.664. The second-order valence-electron chi connectivity index (χ2n) is 5.98. The van der Waals surface area contributed by atoms with Crippen molar-refractivity contribution in [2.45, 2.75) is 6.04 Å². The zero-order valence-electron chi connectivity index (χ0n) is 12.3. The van der Waals surface area contributed by atoms with Gasteiger partial charge in [-0.1, -0.05) is 42.5 Å². The third kappa shape index (κ3) is 1.73. The van der Waals surface area contributed by atoms with E-state index in [2.05, 4.69) is 53.4 Å². The zero-order valence-corrected chi connectivity index (χ0v) is 13.1. The van der Waals surface area contributed by atoms with Crippen molar-refractivity contribution in [2.75, 3.05) is 26.3 Å². The Hall–Kier alpha value is -1.68. The van der Waals surface area contributed by atoms with Crippen molar-refractivity contribution < 1.29 is 4.74 Å². The Morgan fingerprint density at radius 3 is 2.64 bits per heavy atom. The number of hydrogen-bond donors (Lipinski definition) is 0. The number of ether oxygens (including phenoxy) is 1. The lowest BCUT2D eigenvalue weighted by Gasteiger charge is -2.32. The molecule has 110 valence electrons. The molecule has 1 aromatic heterocycles. The lowest BCUT2D eigenvalue weighted by molar-refractivity contribution is 0.0253. The highest BCUT2D eigenvalue weighted by molar-refractivity contribution is 7.20. The predicted molar refractivity (Wildman–Crippen MR) is 91.5 cm³/mol. The molecule has 1 aliphatic heterocycles. The van der Waals surface area contributed by atoms with Crippen molar-refractivity contribution in [1.82, 2.24) is 4.90 Å². The van der Waals surface area contributed by atoms with Gasteiger partial charge in [0.2, 0.25) is 0 Å². The standard InChI is InChI=1S/C19H17NOS/c1-2-6-14-13(5-1)17-15-7-3-4-8-16(15)22-19(17)18(14)20-9-11-21-12-10-20/h1-8,18H,9-12H2. The van der Waals surface area contributed by atoms with Gasteiger partial charge in [0.1, 0.15) is 0 Å². The molecule has 2 heterocycles. The Balaban J connectivity index is 1.77. The maximum Gasteiger partial charge on any atom is 0.0710 e. The summed E-state index contributed by atoms with van der Waals surface area (Å²) in [6.07, 6.45) is 0. The molecule has 2 nitrogen and oxygen atoms in total. The van der Waals surface area contributed by atoms with Crippen LogP contribution in [0.3, 0.4) is 0 Å². The Labute approximate surface area is 133 Å². The van der Waals surface area contributed by atoms with E-state index in [1.54, 1.807) is 0 Å². The molecule has 0 radical (unpaired) electrons. The summed E-state index contributed by atoms with van der Waals surface area (Å²) in [7, 11) is 0. The van der Waals surface area contributed by atoms with E-state index in [0.717, 1.165) is 26.3 Å². The van der Waals surface area contributed by atoms with Gasteiger partial charge in [-0.25, -0.2) is 0 Å². The maximum absolute atomic E-state index is 5.56. The van der Waals surface area contributed by atoms with Crippen LogP contribution in [0.25, 0.3) is 21.2 Å². The topological polar surface area (TPSA) is 12.5 Å². The zero-order chi connectivity index (χ0) is 14.5. The molecule has 2 aliphatic rings. The number of morpholine rings is 1. The highest BCUT2D eigenvalue weighted by Gasteiger charge is 2.36. The summed E-state index contributed by atoms with van der Waals surface area (Å²) in [5, 5.41) is 1.41. The molecule has 1 saturated heterocycles. The summed E-state index contributed by atoms with van der Waals surface area (Å²) in [5.41, 5.74) is 4.36. The van der Waals surface area contributed by atoms with E-state index in [0.29, 0.717) is 6.04 Å². The van der Waals surface area contributed by atoms with Crippen LogP contribution in [-0.4, -0.2) is 31.2 Å². The molecule has 3 aromatic rings. The van der Waals surface area contributed by atoms with Crippen molar-refractivity contribution in [3.05, 3.63) is 59.0 Å². The van der Waals surface area contributed by atoms with Crippen molar-refractivity contribution in [3.8, 4) is 11.1 Å². The molecule has 1 aliphatic carbocycles. The third-order valence-corrected chi connectivity index (χ3v) is 6.03. The highest BCUT2D eigenvalue weighted by Crippen LogP contribution is 2.53. The van der Waals surface area contributed by atoms with Gasteiger partial charge in [0.05, 0.1) is 19.3 Å². The number of hydrogen-bond acceptors (Lipinski definition) is 3. The van der Waals surface area contributed by atoms with Crippen LogP contribution in [0.5, 0.6) is 0 Å². The molecule has 0 amide bonds. The molecule has 2 aromatic carbocycles. The Morgan fingerprint density at radius 1 is 0.955 bits per heavy atom. The van der Waals surface area contributed by atoms with Gasteiger partial charge in [0.25, 0.3) is 0 Å². The van der Waals surface area contributed by atoms with Gasteiger partial charge in [-0.05, 0) is 17.2 Å². The first-order valence-corrected chi connectivity index (χ1v) is 8.67. The van der Waals surface area contributed by atoms with Crippen molar-refractivity contribution in [2.24, 2.45) is 0 Å². The van der Waals surface area contributed by atoms with Crippen LogP contribution >= 0.6 is 11.3 Å². The first kappa shape index (κ1) is 12.8. The van der Waals surface area contributed by atoms with E-state index in [9.17, 15) is 0 Å². The molecule has 1 unspecified atom stereocenters. The van der Waals surface area contributed by atoms with Gasteiger partial charge in [-0.15, -0.1) is 11.3 Å². The molecule has 5 rings (SSSR count). The van der Waals surface area contributed by atoms with Crippen LogP contribution in [0.15, 0.2) is 48.5 Å². The minimum absolute atomic E-state index is 0.410. The molecule has 0 N–H and O–H groups in total. The molecule has 0 saturated carbocycles. The van der Waals surface area contributed by atoms with Crippen LogP contribution < -0.4 is 0 Å². The number of thiophene rings is 1.